The summed E-state index contributed by atoms with van der Waals surface area (Å²) in [6.45, 7) is 1.61. The predicted octanol–water partition coefficient (Wildman–Crippen LogP) is 2.48. The van der Waals surface area contributed by atoms with Crippen molar-refractivity contribution in [1.29, 1.82) is 0 Å². The molecule has 1 unspecified atom stereocenters. The Hall–Kier alpha value is -3.50. The van der Waals surface area contributed by atoms with Gasteiger partial charge in [-0.25, -0.2) is 9.37 Å². The van der Waals surface area contributed by atoms with Gasteiger partial charge in [-0.3, -0.25) is 9.59 Å². The van der Waals surface area contributed by atoms with Crippen LogP contribution in [0.5, 0.6) is 5.75 Å². The number of ether oxygens (including phenoxy) is 1. The van der Waals surface area contributed by atoms with Crippen molar-refractivity contribution in [3.63, 3.8) is 0 Å². The quantitative estimate of drug-likeness (QED) is 0.432. The molecule has 10 heteroatoms. The monoisotopic (exact) mass is 444 g/mol. The van der Waals surface area contributed by atoms with Gasteiger partial charge in [0.05, 0.1) is 6.61 Å². The number of aliphatic hydroxyl groups is 1. The molecule has 2 aromatic carbocycles. The summed E-state index contributed by atoms with van der Waals surface area (Å²) in [5.74, 6) is -0.878. The maximum absolute atomic E-state index is 13.4. The van der Waals surface area contributed by atoms with E-state index in [4.69, 9.17) is 21.3 Å². The average Bonchev–Trinajstić information content (AvgIpc) is 3.14. The van der Waals surface area contributed by atoms with Gasteiger partial charge in [-0.2, -0.15) is 0 Å². The van der Waals surface area contributed by atoms with Crippen molar-refractivity contribution in [3.05, 3.63) is 64.8 Å². The number of primary amides is 1. The molecule has 3 aromatic rings. The number of amides is 1. The van der Waals surface area contributed by atoms with E-state index in [0.717, 1.165) is 11.3 Å². The van der Waals surface area contributed by atoms with E-state index >= 15 is 0 Å². The van der Waals surface area contributed by atoms with Gasteiger partial charge in [0.15, 0.2) is 5.13 Å². The van der Waals surface area contributed by atoms with Crippen molar-refractivity contribution in [2.24, 2.45) is 5.73 Å². The Kier molecular flexibility index (Phi) is 6.83. The Morgan fingerprint density at radius 3 is 2.42 bits per heavy atom. The molecule has 162 valence electrons. The number of aliphatic hydroxyl groups excluding tert-OH is 1. The first-order valence-corrected chi connectivity index (χ1v) is 10.1. The molecule has 0 bridgehead atoms. The fourth-order valence-corrected chi connectivity index (χ4v) is 3.86. The average molecular weight is 444 g/mol. The fourth-order valence-electron chi connectivity index (χ4n) is 2.81. The van der Waals surface area contributed by atoms with Gasteiger partial charge >= 0.3 is 0 Å². The molecule has 31 heavy (non-hydrogen) atoms. The van der Waals surface area contributed by atoms with Crippen LogP contribution < -0.4 is 21.1 Å². The van der Waals surface area contributed by atoms with Gasteiger partial charge in [0.2, 0.25) is 11.7 Å². The van der Waals surface area contributed by atoms with E-state index < -0.39 is 17.8 Å². The first kappa shape index (κ1) is 22.2. The molecule has 0 aliphatic heterocycles. The minimum absolute atomic E-state index is 0.00869. The Labute approximate surface area is 181 Å². The van der Waals surface area contributed by atoms with Crippen LogP contribution in [0.4, 0.5) is 21.0 Å². The van der Waals surface area contributed by atoms with Gasteiger partial charge in [0.25, 0.3) is 0 Å². The maximum atomic E-state index is 13.4. The molecule has 1 heterocycles. The SMILES string of the molecule is CC(C(N)=O)N(c1ccc(F)cc1)c1nc(N)c(C(=O)c2ccc(OCCO)cc2)s1. The van der Waals surface area contributed by atoms with Crippen LogP contribution in [-0.2, 0) is 4.79 Å². The predicted molar refractivity (Wildman–Crippen MR) is 116 cm³/mol. The van der Waals surface area contributed by atoms with Crippen molar-refractivity contribution >= 4 is 39.7 Å². The van der Waals surface area contributed by atoms with Gasteiger partial charge < -0.3 is 26.2 Å². The number of hydrogen-bond donors (Lipinski definition) is 3. The topological polar surface area (TPSA) is 132 Å². The number of ketones is 1. The number of hydrogen-bond acceptors (Lipinski definition) is 8. The molecular weight excluding hydrogens is 423 g/mol. The van der Waals surface area contributed by atoms with Gasteiger partial charge in [-0.05, 0) is 55.5 Å². The molecule has 3 rings (SSSR count). The van der Waals surface area contributed by atoms with E-state index in [2.05, 4.69) is 4.98 Å². The summed E-state index contributed by atoms with van der Waals surface area (Å²) in [6.07, 6.45) is 0. The number of rotatable bonds is 9. The van der Waals surface area contributed by atoms with Crippen molar-refractivity contribution in [2.45, 2.75) is 13.0 Å². The van der Waals surface area contributed by atoms with Crippen LogP contribution in [0.15, 0.2) is 48.5 Å². The number of nitrogens with two attached hydrogens (primary N) is 2. The molecule has 0 aliphatic carbocycles. The lowest BCUT2D eigenvalue weighted by atomic mass is 10.1. The highest BCUT2D eigenvalue weighted by Gasteiger charge is 2.27. The first-order valence-electron chi connectivity index (χ1n) is 9.30. The largest absolute Gasteiger partial charge is 0.491 e. The van der Waals surface area contributed by atoms with Gasteiger partial charge in [0, 0.05) is 11.3 Å². The third-order valence-corrected chi connectivity index (χ3v) is 5.50. The summed E-state index contributed by atoms with van der Waals surface area (Å²) in [4.78, 5) is 30.8. The number of thiazole rings is 1. The second-order valence-electron chi connectivity index (χ2n) is 6.56. The molecule has 5 N–H and O–H groups in total. The van der Waals surface area contributed by atoms with Gasteiger partial charge in [-0.15, -0.1) is 0 Å². The zero-order valence-corrected chi connectivity index (χ0v) is 17.4. The standard InChI is InChI=1S/C21H21FN4O4S/c1-12(20(24)29)26(15-6-4-14(22)5-7-15)21-25-19(23)18(31-21)17(28)13-2-8-16(9-3-13)30-11-10-27/h2-9,12,27H,10-11,23H2,1H3,(H2,24,29). The molecule has 0 saturated carbocycles. The van der Waals surface area contributed by atoms with Crippen molar-refractivity contribution in [3.8, 4) is 5.75 Å². The highest BCUT2D eigenvalue weighted by atomic mass is 32.1. The molecule has 1 atom stereocenters. The number of aromatic nitrogens is 1. The molecule has 1 aromatic heterocycles. The number of nitrogens with zero attached hydrogens (tertiary/aromatic N) is 2. The van der Waals surface area contributed by atoms with E-state index in [-0.39, 0.29) is 34.8 Å². The Morgan fingerprint density at radius 1 is 1.19 bits per heavy atom. The summed E-state index contributed by atoms with van der Waals surface area (Å²) in [6, 6.07) is 11.0. The van der Waals surface area contributed by atoms with Crippen LogP contribution in [-0.4, -0.2) is 41.0 Å². The first-order chi connectivity index (χ1) is 14.8. The highest BCUT2D eigenvalue weighted by molar-refractivity contribution is 7.18. The molecular formula is C21H21FN4O4S. The Balaban J connectivity index is 1.93. The van der Waals surface area contributed by atoms with E-state index in [1.54, 1.807) is 31.2 Å². The third kappa shape index (κ3) is 4.98. The van der Waals surface area contributed by atoms with E-state index in [9.17, 15) is 14.0 Å². The molecule has 1 amide bonds. The minimum atomic E-state index is -0.818. The Bertz CT molecular complexity index is 1070. The van der Waals surface area contributed by atoms with Crippen LogP contribution in [0.2, 0.25) is 0 Å². The van der Waals surface area contributed by atoms with Crippen LogP contribution in [0, 0.1) is 5.82 Å². The second kappa shape index (κ2) is 9.54. The summed E-state index contributed by atoms with van der Waals surface area (Å²) in [5, 5.41) is 9.10. The number of carbonyl (C=O) groups excluding carboxylic acids is 2. The van der Waals surface area contributed by atoms with Crippen LogP contribution in [0.25, 0.3) is 0 Å². The van der Waals surface area contributed by atoms with Crippen LogP contribution in [0.1, 0.15) is 22.2 Å². The second-order valence-corrected chi connectivity index (χ2v) is 7.54. The number of halogens is 1. The fraction of sp³-hybridized carbons (Fsp3) is 0.190. The van der Waals surface area contributed by atoms with Crippen LogP contribution in [0.3, 0.4) is 0 Å². The molecule has 8 nitrogen and oxygen atoms in total. The molecule has 0 fully saturated rings. The summed E-state index contributed by atoms with van der Waals surface area (Å²) in [7, 11) is 0. The van der Waals surface area contributed by atoms with E-state index in [1.807, 2.05) is 0 Å². The number of carbonyl (C=O) groups is 2. The van der Waals surface area contributed by atoms with E-state index in [1.165, 1.54) is 29.2 Å². The van der Waals surface area contributed by atoms with Crippen molar-refractivity contribution < 1.29 is 23.8 Å². The molecule has 0 saturated heterocycles. The third-order valence-electron chi connectivity index (χ3n) is 4.43. The number of anilines is 3. The lowest BCUT2D eigenvalue weighted by molar-refractivity contribution is -0.118. The highest BCUT2D eigenvalue weighted by Crippen LogP contribution is 2.36. The molecule has 0 radical (unpaired) electrons. The molecule has 0 aliphatic rings. The van der Waals surface area contributed by atoms with Crippen molar-refractivity contribution in [2.75, 3.05) is 23.8 Å². The zero-order valence-electron chi connectivity index (χ0n) is 16.6. The smallest absolute Gasteiger partial charge is 0.240 e. The number of nitrogen functional groups attached to an aromatic ring is 1. The van der Waals surface area contributed by atoms with E-state index in [0.29, 0.717) is 17.0 Å². The van der Waals surface area contributed by atoms with Gasteiger partial charge in [0.1, 0.15) is 34.9 Å². The summed E-state index contributed by atoms with van der Waals surface area (Å²) < 4.78 is 18.7. The van der Waals surface area contributed by atoms with Crippen LogP contribution >= 0.6 is 11.3 Å². The zero-order chi connectivity index (χ0) is 22.5. The normalized spacial score (nSPS) is 11.7. The lowest BCUT2D eigenvalue weighted by Gasteiger charge is -2.26. The summed E-state index contributed by atoms with van der Waals surface area (Å²) in [5.41, 5.74) is 12.3. The number of benzene rings is 2. The lowest BCUT2D eigenvalue weighted by Crippen LogP contribution is -2.39. The van der Waals surface area contributed by atoms with Crippen molar-refractivity contribution in [1.82, 2.24) is 4.98 Å². The summed E-state index contributed by atoms with van der Waals surface area (Å²) >= 11 is 1.01. The van der Waals surface area contributed by atoms with Gasteiger partial charge in [-0.1, -0.05) is 11.3 Å². The maximum Gasteiger partial charge on any atom is 0.240 e. The minimum Gasteiger partial charge on any atom is -0.491 e. The molecule has 0 spiro atoms. The Morgan fingerprint density at radius 2 is 1.84 bits per heavy atom.